The van der Waals surface area contributed by atoms with E-state index in [0.717, 1.165) is 62.9 Å². The average molecular weight is 424 g/mol. The zero-order valence-electron chi connectivity index (χ0n) is 17.5. The number of thioether (sulfide) groups is 1. The molecule has 2 aliphatic rings. The van der Waals surface area contributed by atoms with E-state index in [4.69, 9.17) is 9.47 Å². The molecule has 2 aliphatic heterocycles. The van der Waals surface area contributed by atoms with Crippen LogP contribution in [-0.4, -0.2) is 103 Å². The summed E-state index contributed by atoms with van der Waals surface area (Å²) in [4.78, 5) is 18.0. The number of rotatable bonds is 8. The fraction of sp³-hybridized carbons (Fsp3) is 0.667. The van der Waals surface area contributed by atoms with Crippen molar-refractivity contribution in [3.8, 4) is 11.5 Å². The minimum absolute atomic E-state index is 0.147. The molecule has 2 fully saturated rings. The fourth-order valence-corrected chi connectivity index (χ4v) is 4.71. The number of aliphatic hydroxyl groups excluding tert-OH is 1. The Hall–Kier alpha value is -1.48. The number of hydrogen-bond acceptors (Lipinski definition) is 7. The lowest BCUT2D eigenvalue weighted by atomic mass is 10.1. The maximum atomic E-state index is 11.5. The van der Waals surface area contributed by atoms with E-state index in [1.54, 1.807) is 14.0 Å². The highest BCUT2D eigenvalue weighted by Gasteiger charge is 2.19. The molecule has 0 aliphatic carbocycles. The van der Waals surface area contributed by atoms with Crippen LogP contribution in [0.25, 0.3) is 0 Å². The summed E-state index contributed by atoms with van der Waals surface area (Å²) < 4.78 is 11.4. The smallest absolute Gasteiger partial charge is 0.219 e. The van der Waals surface area contributed by atoms with Crippen molar-refractivity contribution in [2.45, 2.75) is 19.6 Å². The molecule has 0 unspecified atom stereocenters. The molecule has 0 radical (unpaired) electrons. The third kappa shape index (κ3) is 6.77. The van der Waals surface area contributed by atoms with E-state index in [0.29, 0.717) is 18.0 Å². The summed E-state index contributed by atoms with van der Waals surface area (Å²) in [5.74, 6) is 3.76. The van der Waals surface area contributed by atoms with Crippen molar-refractivity contribution in [3.63, 3.8) is 0 Å². The molecule has 0 spiro atoms. The Labute approximate surface area is 177 Å². The van der Waals surface area contributed by atoms with Gasteiger partial charge < -0.3 is 19.5 Å². The summed E-state index contributed by atoms with van der Waals surface area (Å²) >= 11 is 1.96. The minimum atomic E-state index is -0.514. The summed E-state index contributed by atoms with van der Waals surface area (Å²) in [6, 6.07) is 5.97. The molecule has 1 atom stereocenters. The van der Waals surface area contributed by atoms with Crippen molar-refractivity contribution in [1.82, 2.24) is 14.7 Å². The van der Waals surface area contributed by atoms with E-state index in [-0.39, 0.29) is 12.5 Å². The topological polar surface area (TPSA) is 65.5 Å². The maximum Gasteiger partial charge on any atom is 0.219 e. The second-order valence-electron chi connectivity index (χ2n) is 7.65. The molecule has 1 amide bonds. The number of ether oxygens (including phenoxy) is 2. The van der Waals surface area contributed by atoms with Crippen molar-refractivity contribution in [1.29, 1.82) is 0 Å². The van der Waals surface area contributed by atoms with Crippen LogP contribution < -0.4 is 9.47 Å². The van der Waals surface area contributed by atoms with Gasteiger partial charge in [0.2, 0.25) is 5.91 Å². The highest BCUT2D eigenvalue weighted by atomic mass is 32.2. The largest absolute Gasteiger partial charge is 0.493 e. The van der Waals surface area contributed by atoms with Gasteiger partial charge in [0.25, 0.3) is 0 Å². The van der Waals surface area contributed by atoms with Crippen molar-refractivity contribution < 1.29 is 19.4 Å². The van der Waals surface area contributed by atoms with Crippen LogP contribution >= 0.6 is 11.8 Å². The molecule has 0 saturated carbocycles. The van der Waals surface area contributed by atoms with Gasteiger partial charge in [-0.05, 0) is 17.7 Å². The van der Waals surface area contributed by atoms with Crippen molar-refractivity contribution in [3.05, 3.63) is 23.8 Å². The van der Waals surface area contributed by atoms with Crippen molar-refractivity contribution in [2.75, 3.05) is 71.0 Å². The number of carbonyl (C=O) groups excluding carboxylic acids is 1. The van der Waals surface area contributed by atoms with Gasteiger partial charge in [-0.3, -0.25) is 14.6 Å². The van der Waals surface area contributed by atoms with Crippen molar-refractivity contribution in [2.24, 2.45) is 0 Å². The molecule has 1 aromatic carbocycles. The molecule has 0 bridgehead atoms. The van der Waals surface area contributed by atoms with Crippen LogP contribution in [0.15, 0.2) is 18.2 Å². The number of benzene rings is 1. The van der Waals surface area contributed by atoms with E-state index in [9.17, 15) is 9.90 Å². The third-order valence-corrected chi connectivity index (χ3v) is 6.40. The van der Waals surface area contributed by atoms with E-state index in [1.165, 1.54) is 0 Å². The highest BCUT2D eigenvalue weighted by molar-refractivity contribution is 7.99. The van der Waals surface area contributed by atoms with Gasteiger partial charge in [0, 0.05) is 70.8 Å². The summed E-state index contributed by atoms with van der Waals surface area (Å²) in [6.07, 6.45) is -0.514. The van der Waals surface area contributed by atoms with Gasteiger partial charge in [-0.25, -0.2) is 0 Å². The molecule has 7 nitrogen and oxygen atoms in total. The van der Waals surface area contributed by atoms with Gasteiger partial charge in [-0.15, -0.1) is 0 Å². The number of aliphatic hydroxyl groups is 1. The highest BCUT2D eigenvalue weighted by Crippen LogP contribution is 2.29. The zero-order valence-corrected chi connectivity index (χ0v) is 18.3. The lowest BCUT2D eigenvalue weighted by Crippen LogP contribution is -2.47. The molecule has 29 heavy (non-hydrogen) atoms. The quantitative estimate of drug-likeness (QED) is 0.673. The Morgan fingerprint density at radius 3 is 2.48 bits per heavy atom. The number of methoxy groups -OCH3 is 1. The first-order chi connectivity index (χ1) is 14.0. The number of nitrogens with zero attached hydrogens (tertiary/aromatic N) is 3. The lowest BCUT2D eigenvalue weighted by Gasteiger charge is -2.34. The predicted molar refractivity (Wildman–Crippen MR) is 116 cm³/mol. The number of carbonyl (C=O) groups is 1. The second kappa shape index (κ2) is 11.1. The molecule has 8 heteroatoms. The van der Waals surface area contributed by atoms with Gasteiger partial charge in [0.15, 0.2) is 11.5 Å². The molecule has 162 valence electrons. The van der Waals surface area contributed by atoms with Gasteiger partial charge in [0.1, 0.15) is 12.7 Å². The molecule has 0 aromatic heterocycles. The predicted octanol–water partition coefficient (Wildman–Crippen LogP) is 1.15. The van der Waals surface area contributed by atoms with E-state index >= 15 is 0 Å². The maximum absolute atomic E-state index is 11.5. The van der Waals surface area contributed by atoms with Crippen LogP contribution in [-0.2, 0) is 11.3 Å². The molecule has 3 rings (SSSR count). The number of β-amino-alcohol motifs (C(OH)–C–C–N with tert-alkyl or cyclic N) is 1. The number of piperazine rings is 1. The number of amides is 1. The van der Waals surface area contributed by atoms with Crippen LogP contribution in [0.1, 0.15) is 12.5 Å². The van der Waals surface area contributed by atoms with E-state index in [1.807, 2.05) is 34.9 Å². The van der Waals surface area contributed by atoms with Gasteiger partial charge in [-0.1, -0.05) is 6.07 Å². The summed E-state index contributed by atoms with van der Waals surface area (Å²) in [7, 11) is 1.64. The first kappa shape index (κ1) is 22.2. The lowest BCUT2D eigenvalue weighted by molar-refractivity contribution is -0.130. The SMILES string of the molecule is COc1cc(CN2CCN(C(C)=O)CC2)ccc1OC[C@@H](O)CN1CCSCC1. The first-order valence-electron chi connectivity index (χ1n) is 10.3. The second-order valence-corrected chi connectivity index (χ2v) is 8.87. The van der Waals surface area contributed by atoms with Crippen LogP contribution in [0, 0.1) is 0 Å². The molecule has 2 heterocycles. The normalized spacial score (nSPS) is 19.8. The standard InChI is InChI=1S/C21H33N3O4S/c1-17(25)24-7-5-22(6-8-24)14-18-3-4-20(21(13-18)27-2)28-16-19(26)15-23-9-11-29-12-10-23/h3-4,13,19,26H,5-12,14-16H2,1-2H3/t19-/m0/s1. The van der Waals surface area contributed by atoms with Crippen LogP contribution in [0.2, 0.25) is 0 Å². The summed E-state index contributed by atoms with van der Waals surface area (Å²) in [6.45, 7) is 8.71. The molecule has 1 aromatic rings. The van der Waals surface area contributed by atoms with Gasteiger partial charge in [0.05, 0.1) is 7.11 Å². The van der Waals surface area contributed by atoms with E-state index < -0.39 is 6.10 Å². The Kier molecular flexibility index (Phi) is 8.47. The zero-order chi connectivity index (χ0) is 20.6. The monoisotopic (exact) mass is 423 g/mol. The summed E-state index contributed by atoms with van der Waals surface area (Å²) in [5, 5.41) is 10.3. The van der Waals surface area contributed by atoms with Crippen LogP contribution in [0.3, 0.4) is 0 Å². The Bertz CT molecular complexity index is 661. The average Bonchev–Trinajstić information content (AvgIpc) is 2.74. The van der Waals surface area contributed by atoms with Crippen LogP contribution in [0.5, 0.6) is 11.5 Å². The first-order valence-corrected chi connectivity index (χ1v) is 11.5. The molecular formula is C21H33N3O4S. The van der Waals surface area contributed by atoms with E-state index in [2.05, 4.69) is 9.80 Å². The Morgan fingerprint density at radius 2 is 1.83 bits per heavy atom. The Morgan fingerprint density at radius 1 is 1.10 bits per heavy atom. The Balaban J connectivity index is 1.48. The molecular weight excluding hydrogens is 390 g/mol. The molecule has 1 N–H and O–H groups in total. The van der Waals surface area contributed by atoms with Gasteiger partial charge >= 0.3 is 0 Å². The molecule has 2 saturated heterocycles. The third-order valence-electron chi connectivity index (χ3n) is 5.46. The fourth-order valence-electron chi connectivity index (χ4n) is 3.73. The van der Waals surface area contributed by atoms with Crippen LogP contribution in [0.4, 0.5) is 0 Å². The van der Waals surface area contributed by atoms with Crippen molar-refractivity contribution >= 4 is 17.7 Å². The minimum Gasteiger partial charge on any atom is -0.493 e. The number of hydrogen-bond donors (Lipinski definition) is 1. The summed E-state index contributed by atoms with van der Waals surface area (Å²) in [5.41, 5.74) is 1.15. The van der Waals surface area contributed by atoms with Gasteiger partial charge in [-0.2, -0.15) is 11.8 Å².